The molecule has 0 atom stereocenters. The van der Waals surface area contributed by atoms with Crippen molar-refractivity contribution in [1.82, 2.24) is 0 Å². The van der Waals surface area contributed by atoms with E-state index < -0.39 is 0 Å². The van der Waals surface area contributed by atoms with Crippen LogP contribution in [0.25, 0.3) is 0 Å². The van der Waals surface area contributed by atoms with Crippen molar-refractivity contribution in [2.24, 2.45) is 0 Å². The summed E-state index contributed by atoms with van der Waals surface area (Å²) in [5.74, 6) is 0.167. The van der Waals surface area contributed by atoms with Gasteiger partial charge in [-0.25, -0.2) is 0 Å². The summed E-state index contributed by atoms with van der Waals surface area (Å²) in [6.07, 6.45) is 0. The summed E-state index contributed by atoms with van der Waals surface area (Å²) in [5, 5.41) is 8.14. The van der Waals surface area contributed by atoms with Crippen LogP contribution in [-0.2, 0) is 4.74 Å². The van der Waals surface area contributed by atoms with Gasteiger partial charge in [0, 0.05) is 10.0 Å². The van der Waals surface area contributed by atoms with Crippen LogP contribution in [0.4, 0.5) is 0 Å². The lowest BCUT2D eigenvalue weighted by molar-refractivity contribution is 0.325. The molecule has 13 heavy (non-hydrogen) atoms. The molecule has 0 aromatic heterocycles. The Balaban J connectivity index is 2.90. The Bertz CT molecular complexity index is 327. The molecule has 1 aromatic carbocycles. The number of ether oxygens (including phenoxy) is 1. The predicted octanol–water partition coefficient (Wildman–Crippen LogP) is 3.46. The molecule has 0 spiro atoms. The van der Waals surface area contributed by atoms with Crippen LogP contribution in [-0.4, -0.2) is 12.5 Å². The van der Waals surface area contributed by atoms with Crippen LogP contribution in [0, 0.1) is 5.41 Å². The lowest BCUT2D eigenvalue weighted by Crippen LogP contribution is -2.04. The number of halogens is 2. The molecule has 0 aliphatic rings. The van der Waals surface area contributed by atoms with Crippen molar-refractivity contribution in [3.63, 3.8) is 0 Å². The molecule has 1 N–H and O–H groups in total. The topological polar surface area (TPSA) is 33.1 Å². The van der Waals surface area contributed by atoms with Gasteiger partial charge >= 0.3 is 0 Å². The maximum Gasteiger partial charge on any atom is 0.213 e. The normalized spacial score (nSPS) is 9.77. The fourth-order valence-electron chi connectivity index (χ4n) is 0.865. The molecule has 0 radical (unpaired) electrons. The van der Waals surface area contributed by atoms with Crippen LogP contribution in [0.15, 0.2) is 22.7 Å². The molecule has 0 heterocycles. The highest BCUT2D eigenvalue weighted by molar-refractivity contribution is 9.10. The highest BCUT2D eigenvalue weighted by atomic mass is 79.9. The molecule has 0 bridgehead atoms. The quantitative estimate of drug-likeness (QED) is 0.642. The second kappa shape index (κ2) is 4.63. The van der Waals surface area contributed by atoms with E-state index in [4.69, 9.17) is 21.7 Å². The minimum atomic E-state index is 0.167. The molecule has 0 saturated heterocycles. The van der Waals surface area contributed by atoms with Gasteiger partial charge < -0.3 is 4.74 Å². The van der Waals surface area contributed by atoms with Crippen LogP contribution < -0.4 is 0 Å². The van der Waals surface area contributed by atoms with Crippen molar-refractivity contribution in [2.45, 2.75) is 6.92 Å². The molecule has 0 unspecified atom stereocenters. The first-order valence-corrected chi connectivity index (χ1v) is 4.99. The Labute approximate surface area is 90.5 Å². The Morgan fingerprint density at radius 3 is 2.85 bits per heavy atom. The standard InChI is InChI=1S/C9H9BrClNO/c1-2-13-9(12)6-3-4-8(11)7(10)5-6/h3-5,12H,2H2,1H3. The van der Waals surface area contributed by atoms with E-state index in [0.717, 1.165) is 10.0 Å². The van der Waals surface area contributed by atoms with Crippen LogP contribution in [0.1, 0.15) is 12.5 Å². The summed E-state index contributed by atoms with van der Waals surface area (Å²) in [7, 11) is 0. The van der Waals surface area contributed by atoms with Gasteiger partial charge in [-0.2, -0.15) is 0 Å². The van der Waals surface area contributed by atoms with E-state index in [1.807, 2.05) is 6.92 Å². The minimum Gasteiger partial charge on any atom is -0.478 e. The maximum atomic E-state index is 7.51. The molecule has 0 aliphatic heterocycles. The summed E-state index contributed by atoms with van der Waals surface area (Å²) < 4.78 is 5.82. The number of nitrogens with one attached hydrogen (secondary N) is 1. The van der Waals surface area contributed by atoms with Gasteiger partial charge in [0.1, 0.15) is 0 Å². The monoisotopic (exact) mass is 261 g/mol. The zero-order chi connectivity index (χ0) is 9.84. The number of hydrogen-bond acceptors (Lipinski definition) is 2. The first kappa shape index (κ1) is 10.5. The van der Waals surface area contributed by atoms with Gasteiger partial charge in [0.25, 0.3) is 0 Å². The van der Waals surface area contributed by atoms with Gasteiger partial charge in [-0.1, -0.05) is 11.6 Å². The Hall–Kier alpha value is -0.540. The molecule has 0 saturated carbocycles. The van der Waals surface area contributed by atoms with Crippen LogP contribution in [0.2, 0.25) is 5.02 Å². The summed E-state index contributed by atoms with van der Waals surface area (Å²) in [6.45, 7) is 2.35. The zero-order valence-corrected chi connectivity index (χ0v) is 9.45. The van der Waals surface area contributed by atoms with Gasteiger partial charge in [-0.3, -0.25) is 5.41 Å². The van der Waals surface area contributed by atoms with Crippen LogP contribution in [0.5, 0.6) is 0 Å². The lowest BCUT2D eigenvalue weighted by atomic mass is 10.2. The van der Waals surface area contributed by atoms with E-state index in [0.29, 0.717) is 11.6 Å². The van der Waals surface area contributed by atoms with Gasteiger partial charge in [0.05, 0.1) is 11.6 Å². The van der Waals surface area contributed by atoms with E-state index in [2.05, 4.69) is 15.9 Å². The van der Waals surface area contributed by atoms with Crippen LogP contribution in [0.3, 0.4) is 0 Å². The second-order valence-electron chi connectivity index (χ2n) is 2.39. The fraction of sp³-hybridized carbons (Fsp3) is 0.222. The molecule has 1 aromatic rings. The van der Waals surface area contributed by atoms with E-state index in [1.54, 1.807) is 18.2 Å². The Morgan fingerprint density at radius 2 is 2.31 bits per heavy atom. The molecule has 0 fully saturated rings. The van der Waals surface area contributed by atoms with Gasteiger partial charge in [-0.15, -0.1) is 0 Å². The SMILES string of the molecule is CCOC(=N)c1ccc(Cl)c(Br)c1. The van der Waals surface area contributed by atoms with Crippen molar-refractivity contribution in [1.29, 1.82) is 5.41 Å². The molecule has 0 amide bonds. The van der Waals surface area contributed by atoms with Gasteiger partial charge in [-0.05, 0) is 41.1 Å². The van der Waals surface area contributed by atoms with Crippen molar-refractivity contribution >= 4 is 33.4 Å². The van der Waals surface area contributed by atoms with Crippen molar-refractivity contribution < 1.29 is 4.74 Å². The van der Waals surface area contributed by atoms with Gasteiger partial charge in [0.15, 0.2) is 0 Å². The third kappa shape index (κ3) is 2.71. The van der Waals surface area contributed by atoms with Crippen molar-refractivity contribution in [2.75, 3.05) is 6.61 Å². The van der Waals surface area contributed by atoms with Crippen LogP contribution >= 0.6 is 27.5 Å². The highest BCUT2D eigenvalue weighted by Crippen LogP contribution is 2.23. The Kier molecular flexibility index (Phi) is 3.75. The van der Waals surface area contributed by atoms with Gasteiger partial charge in [0.2, 0.25) is 5.90 Å². The van der Waals surface area contributed by atoms with E-state index in [-0.39, 0.29) is 5.90 Å². The summed E-state index contributed by atoms with van der Waals surface area (Å²) in [5.41, 5.74) is 0.720. The molecule has 2 nitrogen and oxygen atoms in total. The average Bonchev–Trinajstić information content (AvgIpc) is 2.10. The number of rotatable bonds is 2. The summed E-state index contributed by atoms with van der Waals surface area (Å²) in [6, 6.07) is 5.25. The summed E-state index contributed by atoms with van der Waals surface area (Å²) >= 11 is 9.09. The fourth-order valence-corrected chi connectivity index (χ4v) is 1.36. The molecule has 70 valence electrons. The third-order valence-electron chi connectivity index (χ3n) is 1.47. The predicted molar refractivity (Wildman–Crippen MR) is 57.6 cm³/mol. The Morgan fingerprint density at radius 1 is 1.62 bits per heavy atom. The largest absolute Gasteiger partial charge is 0.478 e. The molecule has 0 aliphatic carbocycles. The maximum absolute atomic E-state index is 7.51. The number of hydrogen-bond donors (Lipinski definition) is 1. The molecular formula is C9H9BrClNO. The average molecular weight is 263 g/mol. The summed E-state index contributed by atoms with van der Waals surface area (Å²) in [4.78, 5) is 0. The highest BCUT2D eigenvalue weighted by Gasteiger charge is 2.04. The van der Waals surface area contributed by atoms with E-state index in [9.17, 15) is 0 Å². The number of benzene rings is 1. The lowest BCUT2D eigenvalue weighted by Gasteiger charge is -2.05. The van der Waals surface area contributed by atoms with Crippen molar-refractivity contribution in [3.05, 3.63) is 33.3 Å². The minimum absolute atomic E-state index is 0.167. The third-order valence-corrected chi connectivity index (χ3v) is 2.68. The van der Waals surface area contributed by atoms with Crippen molar-refractivity contribution in [3.8, 4) is 0 Å². The zero-order valence-electron chi connectivity index (χ0n) is 7.10. The molecule has 1 rings (SSSR count). The first-order valence-electron chi connectivity index (χ1n) is 3.82. The first-order chi connectivity index (χ1) is 6.15. The molecular weight excluding hydrogens is 253 g/mol. The van der Waals surface area contributed by atoms with E-state index in [1.165, 1.54) is 0 Å². The molecule has 4 heteroatoms. The second-order valence-corrected chi connectivity index (χ2v) is 3.65. The smallest absolute Gasteiger partial charge is 0.213 e. The van der Waals surface area contributed by atoms with E-state index >= 15 is 0 Å².